The van der Waals surface area contributed by atoms with Crippen LogP contribution in [0.15, 0.2) is 12.2 Å². The monoisotopic (exact) mass is 186 g/mol. The molecule has 0 saturated carbocycles. The SMILES string of the molecule is COC(C)(C)/C=C/C[C@@H](C)CCO. The van der Waals surface area contributed by atoms with E-state index in [1.165, 1.54) is 0 Å². The second kappa shape index (κ2) is 6.17. The fourth-order valence-corrected chi connectivity index (χ4v) is 0.990. The Balaban J connectivity index is 3.73. The number of ether oxygens (including phenoxy) is 1. The zero-order valence-corrected chi connectivity index (χ0v) is 9.21. The van der Waals surface area contributed by atoms with Crippen LogP contribution >= 0.6 is 0 Å². The van der Waals surface area contributed by atoms with Gasteiger partial charge in [0.25, 0.3) is 0 Å². The number of aliphatic hydroxyl groups is 1. The molecule has 0 fully saturated rings. The number of allylic oxidation sites excluding steroid dienone is 1. The van der Waals surface area contributed by atoms with Gasteiger partial charge in [0.1, 0.15) is 0 Å². The molecule has 0 amide bonds. The molecule has 0 bridgehead atoms. The molecule has 0 aromatic rings. The van der Waals surface area contributed by atoms with Gasteiger partial charge in [-0.05, 0) is 32.6 Å². The zero-order valence-electron chi connectivity index (χ0n) is 9.21. The molecule has 0 unspecified atom stereocenters. The van der Waals surface area contributed by atoms with Crippen molar-refractivity contribution in [3.8, 4) is 0 Å². The fraction of sp³-hybridized carbons (Fsp3) is 0.818. The van der Waals surface area contributed by atoms with Crippen molar-refractivity contribution in [2.75, 3.05) is 13.7 Å². The average Bonchev–Trinajstić information content (AvgIpc) is 2.05. The molecule has 78 valence electrons. The summed E-state index contributed by atoms with van der Waals surface area (Å²) in [4.78, 5) is 0. The van der Waals surface area contributed by atoms with Gasteiger partial charge in [-0.25, -0.2) is 0 Å². The van der Waals surface area contributed by atoms with Crippen molar-refractivity contribution in [1.29, 1.82) is 0 Å². The van der Waals surface area contributed by atoms with Gasteiger partial charge in [-0.2, -0.15) is 0 Å². The third-order valence-corrected chi connectivity index (χ3v) is 2.21. The molecule has 0 aromatic carbocycles. The maximum absolute atomic E-state index is 8.69. The minimum absolute atomic E-state index is 0.168. The highest BCUT2D eigenvalue weighted by molar-refractivity contribution is 4.96. The van der Waals surface area contributed by atoms with Gasteiger partial charge < -0.3 is 9.84 Å². The van der Waals surface area contributed by atoms with Crippen LogP contribution in [0.4, 0.5) is 0 Å². The van der Waals surface area contributed by atoms with Crippen molar-refractivity contribution in [2.45, 2.75) is 39.2 Å². The van der Waals surface area contributed by atoms with Gasteiger partial charge in [0.15, 0.2) is 0 Å². The predicted molar refractivity (Wildman–Crippen MR) is 55.7 cm³/mol. The van der Waals surface area contributed by atoms with Crippen LogP contribution in [0.1, 0.15) is 33.6 Å². The first-order valence-corrected chi connectivity index (χ1v) is 4.85. The highest BCUT2D eigenvalue weighted by atomic mass is 16.5. The van der Waals surface area contributed by atoms with E-state index in [4.69, 9.17) is 9.84 Å². The molecule has 0 spiro atoms. The highest BCUT2D eigenvalue weighted by Gasteiger charge is 2.10. The van der Waals surface area contributed by atoms with Crippen LogP contribution in [0, 0.1) is 5.92 Å². The smallest absolute Gasteiger partial charge is 0.0802 e. The van der Waals surface area contributed by atoms with E-state index in [0.717, 1.165) is 12.8 Å². The summed E-state index contributed by atoms with van der Waals surface area (Å²) in [5, 5.41) is 8.69. The zero-order chi connectivity index (χ0) is 10.3. The van der Waals surface area contributed by atoms with Crippen LogP contribution in [0.3, 0.4) is 0 Å². The van der Waals surface area contributed by atoms with E-state index in [1.807, 2.05) is 13.8 Å². The minimum Gasteiger partial charge on any atom is -0.396 e. The van der Waals surface area contributed by atoms with E-state index in [0.29, 0.717) is 5.92 Å². The molecule has 0 radical (unpaired) electrons. The highest BCUT2D eigenvalue weighted by Crippen LogP contribution is 2.12. The Kier molecular flexibility index (Phi) is 6.00. The first kappa shape index (κ1) is 12.7. The molecule has 0 aliphatic rings. The summed E-state index contributed by atoms with van der Waals surface area (Å²) >= 11 is 0. The van der Waals surface area contributed by atoms with Gasteiger partial charge in [-0.15, -0.1) is 0 Å². The summed E-state index contributed by atoms with van der Waals surface area (Å²) in [6.45, 7) is 6.48. The predicted octanol–water partition coefficient (Wildman–Crippen LogP) is 2.38. The normalized spacial score (nSPS) is 15.2. The molecule has 13 heavy (non-hydrogen) atoms. The number of rotatable bonds is 6. The van der Waals surface area contributed by atoms with Crippen LogP contribution < -0.4 is 0 Å². The maximum atomic E-state index is 8.69. The summed E-state index contributed by atoms with van der Waals surface area (Å²) in [6.07, 6.45) is 6.08. The van der Waals surface area contributed by atoms with Crippen LogP contribution in [-0.2, 0) is 4.74 Å². The van der Waals surface area contributed by atoms with Crippen molar-refractivity contribution >= 4 is 0 Å². The molecule has 0 saturated heterocycles. The summed E-state index contributed by atoms with van der Waals surface area (Å²) in [6, 6.07) is 0. The van der Waals surface area contributed by atoms with E-state index in [1.54, 1.807) is 7.11 Å². The average molecular weight is 186 g/mol. The summed E-state index contributed by atoms with van der Waals surface area (Å²) < 4.78 is 5.24. The van der Waals surface area contributed by atoms with E-state index >= 15 is 0 Å². The third kappa shape index (κ3) is 6.79. The molecular formula is C11H22O2. The molecule has 1 atom stereocenters. The second-order valence-electron chi connectivity index (χ2n) is 4.06. The fourth-order valence-electron chi connectivity index (χ4n) is 0.990. The van der Waals surface area contributed by atoms with E-state index in [9.17, 15) is 0 Å². The lowest BCUT2D eigenvalue weighted by atomic mass is 10.0. The summed E-state index contributed by atoms with van der Waals surface area (Å²) in [7, 11) is 1.71. The van der Waals surface area contributed by atoms with Crippen molar-refractivity contribution < 1.29 is 9.84 Å². The van der Waals surface area contributed by atoms with E-state index in [-0.39, 0.29) is 12.2 Å². The van der Waals surface area contributed by atoms with E-state index < -0.39 is 0 Å². The van der Waals surface area contributed by atoms with Crippen molar-refractivity contribution in [2.24, 2.45) is 5.92 Å². The van der Waals surface area contributed by atoms with E-state index in [2.05, 4.69) is 19.1 Å². The molecule has 0 aliphatic heterocycles. The Morgan fingerprint density at radius 3 is 2.54 bits per heavy atom. The number of hydrogen-bond donors (Lipinski definition) is 1. The van der Waals surface area contributed by atoms with Gasteiger partial charge in [0.05, 0.1) is 5.60 Å². The van der Waals surface area contributed by atoms with Crippen molar-refractivity contribution in [3.05, 3.63) is 12.2 Å². The standard InChI is InChI=1S/C11H22O2/c1-10(7-9-12)6-5-8-11(2,3)13-4/h5,8,10,12H,6-7,9H2,1-4H3/b8-5+/t10-/m1/s1. The van der Waals surface area contributed by atoms with Crippen LogP contribution in [0.2, 0.25) is 0 Å². The number of aliphatic hydroxyl groups excluding tert-OH is 1. The lowest BCUT2D eigenvalue weighted by molar-refractivity contribution is 0.0653. The first-order valence-electron chi connectivity index (χ1n) is 4.85. The quantitative estimate of drug-likeness (QED) is 0.645. The number of hydrogen-bond acceptors (Lipinski definition) is 2. The molecule has 2 heteroatoms. The Morgan fingerprint density at radius 2 is 2.08 bits per heavy atom. The van der Waals surface area contributed by atoms with Crippen molar-refractivity contribution in [1.82, 2.24) is 0 Å². The Labute approximate surface area is 81.6 Å². The van der Waals surface area contributed by atoms with Gasteiger partial charge >= 0.3 is 0 Å². The maximum Gasteiger partial charge on any atom is 0.0802 e. The van der Waals surface area contributed by atoms with Gasteiger partial charge in [0, 0.05) is 13.7 Å². The van der Waals surface area contributed by atoms with Crippen molar-refractivity contribution in [3.63, 3.8) is 0 Å². The van der Waals surface area contributed by atoms with Crippen LogP contribution in [0.25, 0.3) is 0 Å². The second-order valence-corrected chi connectivity index (χ2v) is 4.06. The largest absolute Gasteiger partial charge is 0.396 e. The Morgan fingerprint density at radius 1 is 1.46 bits per heavy atom. The van der Waals surface area contributed by atoms with Gasteiger partial charge in [-0.3, -0.25) is 0 Å². The Hall–Kier alpha value is -0.340. The minimum atomic E-state index is -0.168. The Bertz CT molecular complexity index is 150. The molecule has 0 aromatic heterocycles. The molecular weight excluding hydrogens is 164 g/mol. The molecule has 1 N–H and O–H groups in total. The third-order valence-electron chi connectivity index (χ3n) is 2.21. The molecule has 2 nitrogen and oxygen atoms in total. The summed E-state index contributed by atoms with van der Waals surface area (Å²) in [5.74, 6) is 0.550. The molecule has 0 rings (SSSR count). The van der Waals surface area contributed by atoms with Gasteiger partial charge in [-0.1, -0.05) is 19.1 Å². The van der Waals surface area contributed by atoms with Gasteiger partial charge in [0.2, 0.25) is 0 Å². The lowest BCUT2D eigenvalue weighted by Gasteiger charge is -2.18. The lowest BCUT2D eigenvalue weighted by Crippen LogP contribution is -2.18. The topological polar surface area (TPSA) is 29.5 Å². The number of methoxy groups -OCH3 is 1. The molecule has 0 heterocycles. The van der Waals surface area contributed by atoms with Crippen LogP contribution in [0.5, 0.6) is 0 Å². The van der Waals surface area contributed by atoms with Crippen LogP contribution in [-0.4, -0.2) is 24.4 Å². The summed E-state index contributed by atoms with van der Waals surface area (Å²) in [5.41, 5.74) is -0.168. The molecule has 0 aliphatic carbocycles. The first-order chi connectivity index (χ1) is 6.02.